The lowest BCUT2D eigenvalue weighted by Crippen LogP contribution is -2.30. The van der Waals surface area contributed by atoms with E-state index in [1.807, 2.05) is 6.08 Å². The first-order chi connectivity index (χ1) is 33.6. The lowest BCUT2D eigenvalue weighted by Gasteiger charge is -2.18. The zero-order valence-electron chi connectivity index (χ0n) is 42.8. The van der Waals surface area contributed by atoms with Crippen LogP contribution in [0.15, 0.2) is 194 Å². The van der Waals surface area contributed by atoms with E-state index < -0.39 is 6.10 Å². The summed E-state index contributed by atoms with van der Waals surface area (Å²) in [7, 11) is 0. The quantitative estimate of drug-likeness (QED) is 0.0346. The predicted molar refractivity (Wildman–Crippen MR) is 296 cm³/mol. The summed E-state index contributed by atoms with van der Waals surface area (Å²) in [6, 6.07) is 0. The van der Waals surface area contributed by atoms with Crippen LogP contribution in [0.3, 0.4) is 0 Å². The van der Waals surface area contributed by atoms with Crippen LogP contribution >= 0.6 is 0 Å². The molecule has 1 unspecified atom stereocenters. The van der Waals surface area contributed by atoms with E-state index in [9.17, 15) is 9.59 Å². The fourth-order valence-electron chi connectivity index (χ4n) is 5.93. The molecule has 0 heterocycles. The van der Waals surface area contributed by atoms with E-state index in [0.717, 1.165) is 116 Å². The highest BCUT2D eigenvalue weighted by atomic mass is 16.6. The standard InChI is InChI=1S/C63H92O5/c1-4-7-10-13-16-19-22-25-28-31-32-34-35-38-41-44-47-50-53-56-62(64)67-60-61(59-66-58-55-52-49-46-43-40-37-30-27-24-21-18-15-12-9-6-3)68-63(65)57-54-51-48-45-42-39-36-33-29-26-23-20-17-14-11-8-5-2/h7-12,16-21,25-30,32,34,36,38-41,43,45,47-50,52,61H,4-6,13-15,22-24,31,33,35,37,42,44,46,51,53-60H2,1-3H3/b10-7-,11-8-,12-9-,19-16-,20-17-,21-18-,28-25-,29-26-,30-27-,34-32-,39-36-,41-38-,43-40-,48-45-,50-47-,52-49-. The SMILES string of the molecule is CC/C=C\C/C=C\C/C=C\C/C=C\C/C=C\C/C=C\CCC(=O)OCC(COCC/C=C\C/C=C\C/C=C\C/C=C\C/C=C\CC)OC(=O)CCC/C=C\C/C=C\C/C=C\C/C=C\C/C=C\CC. The Hall–Kier alpha value is -5.26. The van der Waals surface area contributed by atoms with Gasteiger partial charge in [0.25, 0.3) is 0 Å². The van der Waals surface area contributed by atoms with Crippen molar-refractivity contribution in [1.29, 1.82) is 0 Å². The monoisotopic (exact) mass is 929 g/mol. The fourth-order valence-corrected chi connectivity index (χ4v) is 5.93. The maximum absolute atomic E-state index is 12.8. The number of hydrogen-bond acceptors (Lipinski definition) is 5. The minimum absolute atomic E-state index is 0.0231. The Balaban J connectivity index is 4.65. The Labute approximate surface area is 416 Å². The molecule has 0 aliphatic heterocycles. The molecule has 1 atom stereocenters. The highest BCUT2D eigenvalue weighted by Gasteiger charge is 2.17. The number of esters is 2. The minimum Gasteiger partial charge on any atom is -0.462 e. The van der Waals surface area contributed by atoms with Gasteiger partial charge in [0.05, 0.1) is 13.2 Å². The van der Waals surface area contributed by atoms with E-state index in [4.69, 9.17) is 14.2 Å². The summed E-state index contributed by atoms with van der Waals surface area (Å²) in [6.45, 7) is 7.08. The maximum atomic E-state index is 12.8. The summed E-state index contributed by atoms with van der Waals surface area (Å²) in [5, 5.41) is 0. The van der Waals surface area contributed by atoms with Crippen LogP contribution in [0, 0.1) is 0 Å². The van der Waals surface area contributed by atoms with Crippen molar-refractivity contribution in [2.45, 2.75) is 168 Å². The van der Waals surface area contributed by atoms with Gasteiger partial charge in [0.2, 0.25) is 0 Å². The third-order valence-corrected chi connectivity index (χ3v) is 9.64. The third-order valence-electron chi connectivity index (χ3n) is 9.64. The molecule has 0 aromatic heterocycles. The lowest BCUT2D eigenvalue weighted by molar-refractivity contribution is -0.162. The molecule has 0 amide bonds. The molecular weight excluding hydrogens is 837 g/mol. The Morgan fingerprint density at radius 1 is 0.324 bits per heavy atom. The maximum Gasteiger partial charge on any atom is 0.306 e. The van der Waals surface area contributed by atoms with Crippen molar-refractivity contribution in [1.82, 2.24) is 0 Å². The molecule has 0 bridgehead atoms. The first-order valence-electron chi connectivity index (χ1n) is 26.0. The summed E-state index contributed by atoms with van der Waals surface area (Å²) < 4.78 is 17.2. The van der Waals surface area contributed by atoms with Crippen molar-refractivity contribution in [3.05, 3.63) is 194 Å². The minimum atomic E-state index is -0.653. The number of rotatable bonds is 44. The second kappa shape index (κ2) is 56.1. The summed E-state index contributed by atoms with van der Waals surface area (Å²) in [4.78, 5) is 25.4. The van der Waals surface area contributed by atoms with Crippen molar-refractivity contribution in [3.63, 3.8) is 0 Å². The Morgan fingerprint density at radius 2 is 0.618 bits per heavy atom. The molecule has 0 saturated heterocycles. The second-order valence-electron chi connectivity index (χ2n) is 15.9. The zero-order valence-corrected chi connectivity index (χ0v) is 42.8. The Kier molecular flexibility index (Phi) is 51.7. The van der Waals surface area contributed by atoms with Crippen LogP contribution in [0.4, 0.5) is 0 Å². The molecule has 5 nitrogen and oxygen atoms in total. The smallest absolute Gasteiger partial charge is 0.306 e. The highest BCUT2D eigenvalue weighted by Crippen LogP contribution is 2.07. The lowest BCUT2D eigenvalue weighted by atomic mass is 10.2. The first kappa shape index (κ1) is 62.7. The zero-order chi connectivity index (χ0) is 49.2. The van der Waals surface area contributed by atoms with Crippen molar-refractivity contribution < 1.29 is 23.8 Å². The van der Waals surface area contributed by atoms with Crippen molar-refractivity contribution >= 4 is 11.9 Å². The molecule has 0 aliphatic rings. The van der Waals surface area contributed by atoms with Gasteiger partial charge in [0.15, 0.2) is 6.10 Å². The van der Waals surface area contributed by atoms with Crippen LogP contribution in [0.2, 0.25) is 0 Å². The average molecular weight is 929 g/mol. The fraction of sp³-hybridized carbons (Fsp3) is 0.460. The molecule has 0 saturated carbocycles. The average Bonchev–Trinajstić information content (AvgIpc) is 3.34. The van der Waals surface area contributed by atoms with Gasteiger partial charge in [0, 0.05) is 12.8 Å². The van der Waals surface area contributed by atoms with Gasteiger partial charge in [-0.1, -0.05) is 215 Å². The van der Waals surface area contributed by atoms with Gasteiger partial charge < -0.3 is 14.2 Å². The number of carbonyl (C=O) groups is 2. The van der Waals surface area contributed by atoms with Crippen molar-refractivity contribution in [2.24, 2.45) is 0 Å². The number of allylic oxidation sites excluding steroid dienone is 31. The number of carbonyl (C=O) groups excluding carboxylic acids is 2. The number of ether oxygens (including phenoxy) is 3. The molecule has 0 N–H and O–H groups in total. The summed E-state index contributed by atoms with van der Waals surface area (Å²) >= 11 is 0. The van der Waals surface area contributed by atoms with Gasteiger partial charge in [-0.15, -0.1) is 0 Å². The Bertz CT molecular complexity index is 1660. The van der Waals surface area contributed by atoms with Crippen LogP contribution in [-0.4, -0.2) is 37.9 Å². The van der Waals surface area contributed by atoms with E-state index in [2.05, 4.69) is 209 Å². The summed E-state index contributed by atoms with van der Waals surface area (Å²) in [6.07, 6.45) is 87.7. The van der Waals surface area contributed by atoms with Gasteiger partial charge >= 0.3 is 11.9 Å². The predicted octanol–water partition coefficient (Wildman–Crippen LogP) is 18.0. The van der Waals surface area contributed by atoms with Gasteiger partial charge in [-0.2, -0.15) is 0 Å². The van der Waals surface area contributed by atoms with E-state index in [1.54, 1.807) is 0 Å². The number of hydrogen-bond donors (Lipinski definition) is 0. The van der Waals surface area contributed by atoms with Gasteiger partial charge in [0.1, 0.15) is 6.61 Å². The van der Waals surface area contributed by atoms with Gasteiger partial charge in [-0.25, -0.2) is 0 Å². The van der Waals surface area contributed by atoms with E-state index >= 15 is 0 Å². The van der Waals surface area contributed by atoms with Crippen molar-refractivity contribution in [3.8, 4) is 0 Å². The largest absolute Gasteiger partial charge is 0.462 e. The van der Waals surface area contributed by atoms with Crippen LogP contribution in [0.25, 0.3) is 0 Å². The van der Waals surface area contributed by atoms with Crippen LogP contribution in [0.1, 0.15) is 162 Å². The van der Waals surface area contributed by atoms with Crippen LogP contribution in [0.5, 0.6) is 0 Å². The molecule has 68 heavy (non-hydrogen) atoms. The third kappa shape index (κ3) is 53.4. The molecule has 0 aromatic rings. The van der Waals surface area contributed by atoms with E-state index in [1.165, 1.54) is 0 Å². The molecule has 0 aromatic carbocycles. The first-order valence-corrected chi connectivity index (χ1v) is 26.0. The van der Waals surface area contributed by atoms with Gasteiger partial charge in [-0.3, -0.25) is 9.59 Å². The highest BCUT2D eigenvalue weighted by molar-refractivity contribution is 5.70. The molecule has 5 heteroatoms. The van der Waals surface area contributed by atoms with E-state index in [-0.39, 0.29) is 31.6 Å². The molecule has 374 valence electrons. The second-order valence-corrected chi connectivity index (χ2v) is 15.9. The van der Waals surface area contributed by atoms with Gasteiger partial charge in [-0.05, 0) is 128 Å². The molecule has 0 aliphatic carbocycles. The summed E-state index contributed by atoms with van der Waals surface area (Å²) in [5.41, 5.74) is 0. The number of unbranched alkanes of at least 4 members (excludes halogenated alkanes) is 1. The molecular formula is C63H92O5. The van der Waals surface area contributed by atoms with Crippen LogP contribution in [-0.2, 0) is 23.8 Å². The molecule has 0 rings (SSSR count). The topological polar surface area (TPSA) is 61.8 Å². The summed E-state index contributed by atoms with van der Waals surface area (Å²) in [5.74, 6) is -0.624. The molecule has 0 fully saturated rings. The molecule has 0 radical (unpaired) electrons. The van der Waals surface area contributed by atoms with E-state index in [0.29, 0.717) is 25.9 Å². The molecule has 0 spiro atoms. The Morgan fingerprint density at radius 3 is 0.956 bits per heavy atom. The van der Waals surface area contributed by atoms with Crippen LogP contribution < -0.4 is 0 Å². The normalized spacial score (nSPS) is 13.9. The van der Waals surface area contributed by atoms with Crippen molar-refractivity contribution in [2.75, 3.05) is 19.8 Å².